The first-order chi connectivity index (χ1) is 7.36. The van der Waals surface area contributed by atoms with Gasteiger partial charge in [-0.1, -0.05) is 18.2 Å². The summed E-state index contributed by atoms with van der Waals surface area (Å²) >= 11 is 0. The fourth-order valence-electron chi connectivity index (χ4n) is 1.95. The zero-order chi connectivity index (χ0) is 10.7. The average molecular weight is 204 g/mol. The van der Waals surface area contributed by atoms with E-state index in [1.54, 1.807) is 0 Å². The van der Waals surface area contributed by atoms with E-state index in [0.717, 1.165) is 12.1 Å². The van der Waals surface area contributed by atoms with Crippen molar-refractivity contribution in [3.63, 3.8) is 0 Å². The van der Waals surface area contributed by atoms with Crippen molar-refractivity contribution in [3.05, 3.63) is 36.0 Å². The number of aliphatic hydroxyl groups excluding tert-OH is 1. The summed E-state index contributed by atoms with van der Waals surface area (Å²) in [6.45, 7) is 0.959. The fraction of sp³-hybridized carbons (Fsp3) is 0.333. The molecule has 1 unspecified atom stereocenters. The Morgan fingerprint density at radius 1 is 1.40 bits per heavy atom. The Balaban J connectivity index is 2.41. The molecular formula is C12H16N2O. The molecule has 0 spiro atoms. The first-order valence-electron chi connectivity index (χ1n) is 5.18. The average Bonchev–Trinajstić information content (AvgIpc) is 2.70. The standard InChI is InChI=1S/C12H16N2O/c1-13-6-9(8-15)11-7-14-12-5-3-2-4-10(11)12/h2-5,7,9,13-15H,6,8H2,1H3. The highest BCUT2D eigenvalue weighted by Gasteiger charge is 2.13. The van der Waals surface area contributed by atoms with Gasteiger partial charge in [0.25, 0.3) is 0 Å². The normalized spacial score (nSPS) is 13.2. The van der Waals surface area contributed by atoms with Gasteiger partial charge >= 0.3 is 0 Å². The highest BCUT2D eigenvalue weighted by Crippen LogP contribution is 2.24. The third-order valence-electron chi connectivity index (χ3n) is 2.73. The van der Waals surface area contributed by atoms with Crippen LogP contribution in [0.25, 0.3) is 10.9 Å². The summed E-state index contributed by atoms with van der Waals surface area (Å²) in [6.07, 6.45) is 1.99. The fourth-order valence-corrected chi connectivity index (χ4v) is 1.95. The zero-order valence-corrected chi connectivity index (χ0v) is 8.83. The molecular weight excluding hydrogens is 188 g/mol. The molecule has 15 heavy (non-hydrogen) atoms. The van der Waals surface area contributed by atoms with Crippen LogP contribution >= 0.6 is 0 Å². The maximum absolute atomic E-state index is 9.33. The van der Waals surface area contributed by atoms with E-state index in [-0.39, 0.29) is 12.5 Å². The van der Waals surface area contributed by atoms with Crippen LogP contribution in [0, 0.1) is 0 Å². The maximum atomic E-state index is 9.33. The number of para-hydroxylation sites is 1. The lowest BCUT2D eigenvalue weighted by Crippen LogP contribution is -2.19. The van der Waals surface area contributed by atoms with Gasteiger partial charge in [0, 0.05) is 29.6 Å². The minimum atomic E-state index is 0.158. The Bertz CT molecular complexity index is 436. The molecule has 0 bridgehead atoms. The minimum absolute atomic E-state index is 0.158. The first-order valence-corrected chi connectivity index (χ1v) is 5.18. The van der Waals surface area contributed by atoms with Crippen LogP contribution < -0.4 is 5.32 Å². The molecule has 1 heterocycles. The van der Waals surface area contributed by atoms with Gasteiger partial charge in [-0.15, -0.1) is 0 Å². The molecule has 0 saturated carbocycles. The molecule has 1 aromatic carbocycles. The number of nitrogens with one attached hydrogen (secondary N) is 2. The summed E-state index contributed by atoms with van der Waals surface area (Å²) in [5.41, 5.74) is 2.31. The molecule has 2 aromatic rings. The summed E-state index contributed by atoms with van der Waals surface area (Å²) in [5, 5.41) is 13.6. The van der Waals surface area contributed by atoms with E-state index in [1.165, 1.54) is 10.9 Å². The SMILES string of the molecule is CNCC(CO)c1c[nH]c2ccccc12. The molecule has 1 aromatic heterocycles. The van der Waals surface area contributed by atoms with Crippen molar-refractivity contribution < 1.29 is 5.11 Å². The smallest absolute Gasteiger partial charge is 0.0512 e. The van der Waals surface area contributed by atoms with Gasteiger partial charge in [0.05, 0.1) is 6.61 Å². The number of aromatic amines is 1. The molecule has 0 aliphatic heterocycles. The van der Waals surface area contributed by atoms with E-state index in [2.05, 4.69) is 16.4 Å². The Hall–Kier alpha value is -1.32. The third-order valence-corrected chi connectivity index (χ3v) is 2.73. The molecule has 3 nitrogen and oxygen atoms in total. The lowest BCUT2D eigenvalue weighted by molar-refractivity contribution is 0.264. The highest BCUT2D eigenvalue weighted by atomic mass is 16.3. The van der Waals surface area contributed by atoms with Crippen molar-refractivity contribution in [2.75, 3.05) is 20.2 Å². The van der Waals surface area contributed by atoms with Crippen molar-refractivity contribution in [2.24, 2.45) is 0 Å². The first kappa shape index (κ1) is 10.2. The number of aromatic nitrogens is 1. The molecule has 80 valence electrons. The Kier molecular flexibility index (Phi) is 3.04. The van der Waals surface area contributed by atoms with Gasteiger partial charge in [0.2, 0.25) is 0 Å². The number of benzene rings is 1. The molecule has 0 radical (unpaired) electrons. The Morgan fingerprint density at radius 2 is 2.20 bits per heavy atom. The van der Waals surface area contributed by atoms with Gasteiger partial charge in [-0.25, -0.2) is 0 Å². The molecule has 0 aliphatic rings. The molecule has 0 saturated heterocycles. The Labute approximate surface area is 89.1 Å². The molecule has 3 N–H and O–H groups in total. The molecule has 0 aliphatic carbocycles. The summed E-state index contributed by atoms with van der Waals surface area (Å²) in [5.74, 6) is 0.158. The predicted octanol–water partition coefficient (Wildman–Crippen LogP) is 1.46. The predicted molar refractivity (Wildman–Crippen MR) is 62.1 cm³/mol. The molecule has 3 heteroatoms. The number of hydrogen-bond acceptors (Lipinski definition) is 2. The summed E-state index contributed by atoms with van der Waals surface area (Å²) in [7, 11) is 1.90. The zero-order valence-electron chi connectivity index (χ0n) is 8.83. The van der Waals surface area contributed by atoms with Gasteiger partial charge < -0.3 is 15.4 Å². The van der Waals surface area contributed by atoms with Gasteiger partial charge in [-0.3, -0.25) is 0 Å². The van der Waals surface area contributed by atoms with Crippen molar-refractivity contribution in [1.29, 1.82) is 0 Å². The van der Waals surface area contributed by atoms with Crippen LogP contribution in [0.2, 0.25) is 0 Å². The van der Waals surface area contributed by atoms with Crippen molar-refractivity contribution in [1.82, 2.24) is 10.3 Å². The quantitative estimate of drug-likeness (QED) is 0.706. The van der Waals surface area contributed by atoms with Crippen LogP contribution in [0.1, 0.15) is 11.5 Å². The van der Waals surface area contributed by atoms with E-state index >= 15 is 0 Å². The van der Waals surface area contributed by atoms with Gasteiger partial charge in [0.1, 0.15) is 0 Å². The van der Waals surface area contributed by atoms with E-state index in [0.29, 0.717) is 0 Å². The number of rotatable bonds is 4. The highest BCUT2D eigenvalue weighted by molar-refractivity contribution is 5.83. The second kappa shape index (κ2) is 4.47. The molecule has 2 rings (SSSR count). The van der Waals surface area contributed by atoms with Crippen LogP contribution in [0.3, 0.4) is 0 Å². The summed E-state index contributed by atoms with van der Waals surface area (Å²) < 4.78 is 0. The lowest BCUT2D eigenvalue weighted by atomic mass is 9.99. The number of hydrogen-bond donors (Lipinski definition) is 3. The lowest BCUT2D eigenvalue weighted by Gasteiger charge is -2.12. The second-order valence-electron chi connectivity index (χ2n) is 3.73. The van der Waals surface area contributed by atoms with Crippen molar-refractivity contribution in [2.45, 2.75) is 5.92 Å². The monoisotopic (exact) mass is 204 g/mol. The van der Waals surface area contributed by atoms with E-state index in [9.17, 15) is 5.11 Å². The minimum Gasteiger partial charge on any atom is -0.396 e. The van der Waals surface area contributed by atoms with Crippen molar-refractivity contribution >= 4 is 10.9 Å². The van der Waals surface area contributed by atoms with Crippen LogP contribution in [0.4, 0.5) is 0 Å². The topological polar surface area (TPSA) is 48.0 Å². The maximum Gasteiger partial charge on any atom is 0.0512 e. The number of aliphatic hydroxyl groups is 1. The van der Waals surface area contributed by atoms with E-state index in [1.807, 2.05) is 31.4 Å². The number of fused-ring (bicyclic) bond motifs is 1. The van der Waals surface area contributed by atoms with E-state index in [4.69, 9.17) is 0 Å². The van der Waals surface area contributed by atoms with Crippen molar-refractivity contribution in [3.8, 4) is 0 Å². The van der Waals surface area contributed by atoms with E-state index < -0.39 is 0 Å². The number of likely N-dealkylation sites (N-methyl/N-ethyl adjacent to an activating group) is 1. The number of H-pyrrole nitrogens is 1. The molecule has 1 atom stereocenters. The van der Waals surface area contributed by atoms with Crippen LogP contribution in [-0.4, -0.2) is 30.3 Å². The summed E-state index contributed by atoms with van der Waals surface area (Å²) in [4.78, 5) is 3.22. The van der Waals surface area contributed by atoms with Crippen LogP contribution in [0.5, 0.6) is 0 Å². The second-order valence-corrected chi connectivity index (χ2v) is 3.73. The molecule has 0 amide bonds. The third kappa shape index (κ3) is 1.89. The van der Waals surface area contributed by atoms with Gasteiger partial charge in [-0.2, -0.15) is 0 Å². The van der Waals surface area contributed by atoms with Crippen LogP contribution in [-0.2, 0) is 0 Å². The van der Waals surface area contributed by atoms with Crippen LogP contribution in [0.15, 0.2) is 30.5 Å². The Morgan fingerprint density at radius 3 is 2.93 bits per heavy atom. The van der Waals surface area contributed by atoms with Gasteiger partial charge in [0.15, 0.2) is 0 Å². The largest absolute Gasteiger partial charge is 0.396 e. The molecule has 0 fully saturated rings. The van der Waals surface area contributed by atoms with Gasteiger partial charge in [-0.05, 0) is 18.7 Å². The summed E-state index contributed by atoms with van der Waals surface area (Å²) in [6, 6.07) is 8.16.